The summed E-state index contributed by atoms with van der Waals surface area (Å²) < 4.78 is 0. The number of hydrogen-bond donors (Lipinski definition) is 2. The molecule has 0 saturated carbocycles. The van der Waals surface area contributed by atoms with Gasteiger partial charge in [-0.15, -0.1) is 0 Å². The van der Waals surface area contributed by atoms with E-state index in [1.54, 1.807) is 0 Å². The van der Waals surface area contributed by atoms with Crippen LogP contribution in [-0.4, -0.2) is 53.5 Å². The van der Waals surface area contributed by atoms with E-state index >= 15 is 0 Å². The molecule has 2 N–H and O–H groups in total. The number of carbonyl (C=O) groups is 2. The third-order valence-corrected chi connectivity index (χ3v) is 3.64. The summed E-state index contributed by atoms with van der Waals surface area (Å²) in [5, 5.41) is 11.7. The third-order valence-electron chi connectivity index (χ3n) is 3.64. The van der Waals surface area contributed by atoms with Crippen molar-refractivity contribution in [1.82, 2.24) is 15.2 Å². The van der Waals surface area contributed by atoms with Crippen LogP contribution in [0.4, 0.5) is 0 Å². The summed E-state index contributed by atoms with van der Waals surface area (Å²) in [4.78, 5) is 29.0. The molecule has 128 valence electrons. The number of nitrogens with one attached hydrogen (secondary N) is 1. The van der Waals surface area contributed by atoms with Crippen molar-refractivity contribution in [3.63, 3.8) is 0 Å². The molecule has 0 spiro atoms. The second kappa shape index (κ2) is 10.7. The average molecular weight is 321 g/mol. The molecule has 0 aliphatic rings. The van der Waals surface area contributed by atoms with Gasteiger partial charge in [0.15, 0.2) is 0 Å². The first-order chi connectivity index (χ1) is 11.0. The van der Waals surface area contributed by atoms with Crippen molar-refractivity contribution in [3.8, 4) is 0 Å². The Bertz CT molecular complexity index is 506. The van der Waals surface area contributed by atoms with Crippen LogP contribution in [0.5, 0.6) is 0 Å². The highest BCUT2D eigenvalue weighted by Crippen LogP contribution is 2.02. The lowest BCUT2D eigenvalue weighted by Gasteiger charge is -2.16. The Kier molecular flexibility index (Phi) is 8.90. The quantitative estimate of drug-likeness (QED) is 0.612. The van der Waals surface area contributed by atoms with Crippen molar-refractivity contribution >= 4 is 11.9 Å². The van der Waals surface area contributed by atoms with Crippen LogP contribution < -0.4 is 5.32 Å². The minimum Gasteiger partial charge on any atom is -0.478 e. The van der Waals surface area contributed by atoms with Gasteiger partial charge in [0.05, 0.1) is 5.56 Å². The second-order valence-electron chi connectivity index (χ2n) is 5.71. The van der Waals surface area contributed by atoms with Crippen LogP contribution in [0.1, 0.15) is 59.9 Å². The zero-order valence-electron chi connectivity index (χ0n) is 14.0. The topological polar surface area (TPSA) is 82.5 Å². The fourth-order valence-electron chi connectivity index (χ4n) is 2.25. The van der Waals surface area contributed by atoms with Gasteiger partial charge >= 0.3 is 5.97 Å². The normalized spacial score (nSPS) is 10.7. The molecule has 1 heterocycles. The standard InChI is InChI=1S/C17H27N3O3/c1-3-4-5-6-11-20(2)12-7-9-19-16(21)15-13-14(17(22)23)8-10-18-15/h8,10,13H,3-7,9,11-12H2,1-2H3,(H,19,21)(H,22,23). The summed E-state index contributed by atoms with van der Waals surface area (Å²) in [6.45, 7) is 4.76. The Morgan fingerprint density at radius 1 is 1.22 bits per heavy atom. The Morgan fingerprint density at radius 3 is 2.65 bits per heavy atom. The summed E-state index contributed by atoms with van der Waals surface area (Å²) >= 11 is 0. The van der Waals surface area contributed by atoms with Gasteiger partial charge in [0, 0.05) is 12.7 Å². The zero-order valence-corrected chi connectivity index (χ0v) is 14.0. The molecule has 0 aliphatic carbocycles. The third kappa shape index (κ3) is 7.74. The number of aromatic nitrogens is 1. The van der Waals surface area contributed by atoms with Gasteiger partial charge in [-0.1, -0.05) is 26.2 Å². The first-order valence-corrected chi connectivity index (χ1v) is 8.20. The lowest BCUT2D eigenvalue weighted by atomic mass is 10.2. The predicted octanol–water partition coefficient (Wildman–Crippen LogP) is 2.41. The van der Waals surface area contributed by atoms with E-state index in [0.29, 0.717) is 6.54 Å². The highest BCUT2D eigenvalue weighted by molar-refractivity contribution is 5.95. The van der Waals surface area contributed by atoms with Crippen molar-refractivity contribution in [2.24, 2.45) is 0 Å². The molecule has 1 rings (SSSR count). The van der Waals surface area contributed by atoms with Gasteiger partial charge in [0.1, 0.15) is 5.69 Å². The maximum absolute atomic E-state index is 11.9. The molecule has 23 heavy (non-hydrogen) atoms. The van der Waals surface area contributed by atoms with E-state index in [-0.39, 0.29) is 17.2 Å². The van der Waals surface area contributed by atoms with Gasteiger partial charge < -0.3 is 15.3 Å². The van der Waals surface area contributed by atoms with E-state index in [2.05, 4.69) is 29.2 Å². The van der Waals surface area contributed by atoms with Crippen molar-refractivity contribution in [1.29, 1.82) is 0 Å². The summed E-state index contributed by atoms with van der Waals surface area (Å²) in [5.41, 5.74) is 0.204. The number of rotatable bonds is 11. The molecule has 6 heteroatoms. The smallest absolute Gasteiger partial charge is 0.335 e. The molecule has 0 aromatic carbocycles. The van der Waals surface area contributed by atoms with E-state index in [1.807, 2.05) is 0 Å². The largest absolute Gasteiger partial charge is 0.478 e. The number of carboxylic acid groups (broad SMARTS) is 1. The van der Waals surface area contributed by atoms with Crippen LogP contribution in [0.3, 0.4) is 0 Å². The fraction of sp³-hybridized carbons (Fsp3) is 0.588. The van der Waals surface area contributed by atoms with Crippen LogP contribution in [0, 0.1) is 0 Å². The number of carboxylic acids is 1. The van der Waals surface area contributed by atoms with Gasteiger partial charge in [-0.05, 0) is 45.1 Å². The van der Waals surface area contributed by atoms with Gasteiger partial charge in [-0.2, -0.15) is 0 Å². The van der Waals surface area contributed by atoms with Gasteiger partial charge in [0.2, 0.25) is 0 Å². The molecular formula is C17H27N3O3. The van der Waals surface area contributed by atoms with Crippen molar-refractivity contribution < 1.29 is 14.7 Å². The van der Waals surface area contributed by atoms with Crippen LogP contribution in [0.2, 0.25) is 0 Å². The summed E-state index contributed by atoms with van der Waals surface area (Å²) in [6, 6.07) is 2.66. The first kappa shape index (κ1) is 19.1. The van der Waals surface area contributed by atoms with Crippen LogP contribution in [0.25, 0.3) is 0 Å². The number of unbranched alkanes of at least 4 members (excludes halogenated alkanes) is 3. The number of aromatic carboxylic acids is 1. The Morgan fingerprint density at radius 2 is 1.96 bits per heavy atom. The molecule has 6 nitrogen and oxygen atoms in total. The molecule has 0 aliphatic heterocycles. The lowest BCUT2D eigenvalue weighted by Crippen LogP contribution is -2.29. The molecular weight excluding hydrogens is 294 g/mol. The predicted molar refractivity (Wildman–Crippen MR) is 89.8 cm³/mol. The van der Waals surface area contributed by atoms with Crippen molar-refractivity contribution in [2.45, 2.75) is 39.0 Å². The van der Waals surface area contributed by atoms with E-state index in [4.69, 9.17) is 5.11 Å². The molecule has 1 amide bonds. The SMILES string of the molecule is CCCCCCN(C)CCCNC(=O)c1cc(C(=O)O)ccn1. The number of nitrogens with zero attached hydrogens (tertiary/aromatic N) is 2. The molecule has 1 aromatic rings. The van der Waals surface area contributed by atoms with E-state index in [1.165, 1.54) is 44.0 Å². The summed E-state index contributed by atoms with van der Waals surface area (Å²) in [6.07, 6.45) is 7.20. The number of carbonyl (C=O) groups excluding carboxylic acids is 1. The molecule has 0 radical (unpaired) electrons. The monoisotopic (exact) mass is 321 g/mol. The molecule has 0 unspecified atom stereocenters. The highest BCUT2D eigenvalue weighted by atomic mass is 16.4. The number of pyridine rings is 1. The highest BCUT2D eigenvalue weighted by Gasteiger charge is 2.10. The minimum atomic E-state index is -1.06. The Hall–Kier alpha value is -1.95. The lowest BCUT2D eigenvalue weighted by molar-refractivity contribution is 0.0696. The summed E-state index contributed by atoms with van der Waals surface area (Å²) in [7, 11) is 2.09. The minimum absolute atomic E-state index is 0.0666. The average Bonchev–Trinajstić information content (AvgIpc) is 2.55. The van der Waals surface area contributed by atoms with Crippen LogP contribution >= 0.6 is 0 Å². The van der Waals surface area contributed by atoms with E-state index < -0.39 is 5.97 Å². The number of hydrogen-bond acceptors (Lipinski definition) is 4. The maximum Gasteiger partial charge on any atom is 0.335 e. The molecule has 1 aromatic heterocycles. The molecule has 0 atom stereocenters. The van der Waals surface area contributed by atoms with Crippen molar-refractivity contribution in [2.75, 3.05) is 26.7 Å². The van der Waals surface area contributed by atoms with Gasteiger partial charge in [0.25, 0.3) is 5.91 Å². The van der Waals surface area contributed by atoms with E-state index in [0.717, 1.165) is 19.5 Å². The Balaban J connectivity index is 2.24. The molecule has 0 saturated heterocycles. The molecule has 0 bridgehead atoms. The zero-order chi connectivity index (χ0) is 17.1. The maximum atomic E-state index is 11.9. The van der Waals surface area contributed by atoms with Gasteiger partial charge in [-0.3, -0.25) is 9.78 Å². The fourth-order valence-corrected chi connectivity index (χ4v) is 2.25. The van der Waals surface area contributed by atoms with Crippen LogP contribution in [-0.2, 0) is 0 Å². The van der Waals surface area contributed by atoms with Crippen LogP contribution in [0.15, 0.2) is 18.3 Å². The first-order valence-electron chi connectivity index (χ1n) is 8.20. The molecule has 0 fully saturated rings. The second-order valence-corrected chi connectivity index (χ2v) is 5.71. The Labute approximate surface area is 137 Å². The van der Waals surface area contributed by atoms with Crippen molar-refractivity contribution in [3.05, 3.63) is 29.6 Å². The van der Waals surface area contributed by atoms with Gasteiger partial charge in [-0.25, -0.2) is 4.79 Å². The summed E-state index contributed by atoms with van der Waals surface area (Å²) in [5.74, 6) is -1.40. The number of amides is 1. The van der Waals surface area contributed by atoms with E-state index in [9.17, 15) is 9.59 Å².